The summed E-state index contributed by atoms with van der Waals surface area (Å²) in [5, 5.41) is 9.29. The van der Waals surface area contributed by atoms with Gasteiger partial charge in [0.05, 0.1) is 40.2 Å². The number of nitriles is 1. The van der Waals surface area contributed by atoms with Crippen molar-refractivity contribution in [1.82, 2.24) is 9.88 Å². The molecule has 2 aliphatic rings. The number of hydrogen-bond acceptors (Lipinski definition) is 5. The van der Waals surface area contributed by atoms with Crippen LogP contribution in [0.15, 0.2) is 36.5 Å². The molecule has 29 heavy (non-hydrogen) atoms. The maximum absolute atomic E-state index is 12.7. The molecule has 1 saturated heterocycles. The van der Waals surface area contributed by atoms with E-state index in [4.69, 9.17) is 0 Å². The number of nitrogens with zero attached hydrogens (tertiary/aromatic N) is 3. The van der Waals surface area contributed by atoms with E-state index in [1.165, 1.54) is 4.90 Å². The van der Waals surface area contributed by atoms with Crippen molar-refractivity contribution in [1.29, 1.82) is 5.26 Å². The number of carbonyl (C=O) groups excluding carboxylic acids is 2. The number of imide groups is 1. The second-order valence-corrected chi connectivity index (χ2v) is 9.66. The monoisotopic (exact) mass is 401 g/mol. The summed E-state index contributed by atoms with van der Waals surface area (Å²) in [6.45, 7) is 6.25. The zero-order valence-electron chi connectivity index (χ0n) is 16.4. The lowest BCUT2D eigenvalue weighted by Gasteiger charge is -2.19. The van der Waals surface area contributed by atoms with E-state index in [-0.39, 0.29) is 29.1 Å². The van der Waals surface area contributed by atoms with Crippen LogP contribution in [-0.4, -0.2) is 21.7 Å². The largest absolute Gasteiger partial charge is 0.277 e. The fourth-order valence-corrected chi connectivity index (χ4v) is 5.75. The number of carbonyl (C=O) groups is 2. The summed E-state index contributed by atoms with van der Waals surface area (Å²) >= 11 is 1.55. The van der Waals surface area contributed by atoms with Crippen molar-refractivity contribution in [2.24, 2.45) is 17.3 Å². The van der Waals surface area contributed by atoms with Crippen LogP contribution in [0.4, 0.5) is 0 Å². The average molecular weight is 401 g/mol. The zero-order valence-corrected chi connectivity index (χ0v) is 17.2. The number of hydrogen-bond donors (Lipinski definition) is 0. The molecule has 3 heterocycles. The highest BCUT2D eigenvalue weighted by Gasteiger charge is 2.72. The molecule has 144 valence electrons. The molecule has 5 rings (SSSR count). The second kappa shape index (κ2) is 5.98. The van der Waals surface area contributed by atoms with Crippen molar-refractivity contribution in [2.75, 3.05) is 0 Å². The van der Waals surface area contributed by atoms with Crippen LogP contribution in [0.1, 0.15) is 29.9 Å². The Morgan fingerprint density at radius 3 is 2.59 bits per heavy atom. The first-order chi connectivity index (χ1) is 13.8. The molecule has 1 aliphatic carbocycles. The summed E-state index contributed by atoms with van der Waals surface area (Å²) in [6.07, 6.45) is 1.76. The predicted octanol–water partition coefficient (Wildman–Crippen LogP) is 4.28. The molecule has 0 N–H and O–H groups in total. The van der Waals surface area contributed by atoms with Gasteiger partial charge in [-0.3, -0.25) is 19.5 Å². The van der Waals surface area contributed by atoms with E-state index in [2.05, 4.69) is 17.1 Å². The number of likely N-dealkylation sites (tertiary alicyclic amines) is 1. The molecule has 1 aliphatic heterocycles. The Bertz CT molecular complexity index is 1230. The maximum atomic E-state index is 12.7. The van der Waals surface area contributed by atoms with Crippen molar-refractivity contribution in [3.8, 4) is 17.2 Å². The van der Waals surface area contributed by atoms with Gasteiger partial charge in [-0.2, -0.15) is 5.26 Å². The highest BCUT2D eigenvalue weighted by molar-refractivity contribution is 7.19. The van der Waals surface area contributed by atoms with Gasteiger partial charge in [-0.1, -0.05) is 19.9 Å². The number of aryl methyl sites for hydroxylation is 1. The first-order valence-corrected chi connectivity index (χ1v) is 10.4. The highest BCUT2D eigenvalue weighted by Crippen LogP contribution is 2.63. The molecular formula is C23H19N3O2S. The average Bonchev–Trinajstić information content (AvgIpc) is 2.95. The topological polar surface area (TPSA) is 74.1 Å². The molecule has 2 fully saturated rings. The third-order valence-corrected chi connectivity index (χ3v) is 7.33. The number of thiophene rings is 1. The Morgan fingerprint density at radius 1 is 1.17 bits per heavy atom. The quantitative estimate of drug-likeness (QED) is 0.614. The highest BCUT2D eigenvalue weighted by atomic mass is 32.1. The van der Waals surface area contributed by atoms with E-state index in [0.29, 0.717) is 12.1 Å². The van der Waals surface area contributed by atoms with Crippen molar-refractivity contribution >= 4 is 33.4 Å². The van der Waals surface area contributed by atoms with E-state index >= 15 is 0 Å². The summed E-state index contributed by atoms with van der Waals surface area (Å²) in [5.41, 5.74) is 4.27. The molecular weight excluding hydrogens is 382 g/mol. The number of rotatable bonds is 3. The third kappa shape index (κ3) is 2.61. The van der Waals surface area contributed by atoms with E-state index < -0.39 is 0 Å². The number of amides is 2. The van der Waals surface area contributed by atoms with Crippen LogP contribution in [0.5, 0.6) is 0 Å². The number of benzene rings is 1. The summed E-state index contributed by atoms with van der Waals surface area (Å²) in [6, 6.07) is 11.9. The minimum atomic E-state index is -0.191. The smallest absolute Gasteiger partial charge is 0.234 e. The Balaban J connectivity index is 1.51. The molecule has 1 saturated carbocycles. The third-order valence-electron chi connectivity index (χ3n) is 6.19. The standard InChI is InChI=1S/C23H19N3O2S/c1-12-6-13(10-24)8-14(7-12)16-4-5-25-17-9-15(29-20(16)17)11-26-21(27)18-19(22(26)28)23(18,2)3/h4-9,18-19H,11H2,1-3H3. The molecule has 0 bridgehead atoms. The SMILES string of the molecule is Cc1cc(C#N)cc(-c2ccnc3cc(CN4C(=O)C5C(C4=O)C5(C)C)sc23)c1. The predicted molar refractivity (Wildman–Crippen MR) is 111 cm³/mol. The van der Waals surface area contributed by atoms with E-state index in [0.717, 1.165) is 31.8 Å². The lowest BCUT2D eigenvalue weighted by molar-refractivity contribution is -0.143. The summed E-state index contributed by atoms with van der Waals surface area (Å²) in [4.78, 5) is 32.1. The summed E-state index contributed by atoms with van der Waals surface area (Å²) in [7, 11) is 0. The molecule has 5 nitrogen and oxygen atoms in total. The van der Waals surface area contributed by atoms with Gasteiger partial charge in [0.15, 0.2) is 0 Å². The summed E-state index contributed by atoms with van der Waals surface area (Å²) < 4.78 is 1.00. The molecule has 6 heteroatoms. The number of aromatic nitrogens is 1. The molecule has 2 amide bonds. The van der Waals surface area contributed by atoms with Gasteiger partial charge < -0.3 is 0 Å². The van der Waals surface area contributed by atoms with Gasteiger partial charge >= 0.3 is 0 Å². The fourth-order valence-electron chi connectivity index (χ4n) is 4.61. The molecule has 2 unspecified atom stereocenters. The normalized spacial score (nSPS) is 22.1. The van der Waals surface area contributed by atoms with Crippen LogP contribution < -0.4 is 0 Å². The van der Waals surface area contributed by atoms with Gasteiger partial charge in [0.1, 0.15) is 0 Å². The van der Waals surface area contributed by atoms with Crippen molar-refractivity contribution in [3.63, 3.8) is 0 Å². The molecule has 2 atom stereocenters. The zero-order chi connectivity index (χ0) is 20.5. The van der Waals surface area contributed by atoms with E-state index in [1.807, 2.05) is 45.0 Å². The van der Waals surface area contributed by atoms with Crippen molar-refractivity contribution in [2.45, 2.75) is 27.3 Å². The van der Waals surface area contributed by atoms with Crippen LogP contribution in [0.3, 0.4) is 0 Å². The molecule has 3 aromatic rings. The van der Waals surface area contributed by atoms with E-state index in [9.17, 15) is 14.9 Å². The first kappa shape index (κ1) is 18.0. The Morgan fingerprint density at radius 2 is 1.90 bits per heavy atom. The Kier molecular flexibility index (Phi) is 3.71. The molecule has 1 aromatic carbocycles. The van der Waals surface area contributed by atoms with Crippen LogP contribution >= 0.6 is 11.3 Å². The Hall–Kier alpha value is -3.04. The minimum absolute atomic E-state index is 0.0482. The maximum Gasteiger partial charge on any atom is 0.234 e. The number of piperidine rings is 1. The number of fused-ring (bicyclic) bond motifs is 2. The van der Waals surface area contributed by atoms with E-state index in [1.54, 1.807) is 17.5 Å². The van der Waals surface area contributed by atoms with Crippen molar-refractivity contribution < 1.29 is 9.59 Å². The first-order valence-electron chi connectivity index (χ1n) is 9.56. The Labute approximate surface area is 172 Å². The van der Waals surface area contributed by atoms with Gasteiger partial charge in [-0.25, -0.2) is 0 Å². The summed E-state index contributed by atoms with van der Waals surface area (Å²) in [5.74, 6) is -0.412. The lowest BCUT2D eigenvalue weighted by Crippen LogP contribution is -2.35. The lowest BCUT2D eigenvalue weighted by atomic mass is 10.0. The fraction of sp³-hybridized carbons (Fsp3) is 0.304. The molecule has 2 aromatic heterocycles. The van der Waals surface area contributed by atoms with Gasteiger partial charge in [0.25, 0.3) is 0 Å². The van der Waals surface area contributed by atoms with Crippen molar-refractivity contribution in [3.05, 3.63) is 52.5 Å². The second-order valence-electron chi connectivity index (χ2n) is 8.52. The van der Waals surface area contributed by atoms with Crippen LogP contribution in [-0.2, 0) is 16.1 Å². The van der Waals surface area contributed by atoms with Gasteiger partial charge in [0, 0.05) is 16.6 Å². The van der Waals surface area contributed by atoms with Crippen LogP contribution in [0.2, 0.25) is 0 Å². The molecule has 0 radical (unpaired) electrons. The number of pyridine rings is 1. The minimum Gasteiger partial charge on any atom is -0.277 e. The van der Waals surface area contributed by atoms with Crippen LogP contribution in [0.25, 0.3) is 21.3 Å². The van der Waals surface area contributed by atoms with Gasteiger partial charge in [0.2, 0.25) is 11.8 Å². The van der Waals surface area contributed by atoms with Gasteiger partial charge in [-0.05, 0) is 47.7 Å². The van der Waals surface area contributed by atoms with Gasteiger partial charge in [-0.15, -0.1) is 11.3 Å². The molecule has 0 spiro atoms. The van der Waals surface area contributed by atoms with Crippen LogP contribution in [0, 0.1) is 35.5 Å².